The lowest BCUT2D eigenvalue weighted by atomic mass is 9.94. The fourth-order valence-corrected chi connectivity index (χ4v) is 2.68. The van der Waals surface area contributed by atoms with E-state index in [0.29, 0.717) is 17.3 Å². The second-order valence-corrected chi connectivity index (χ2v) is 5.05. The minimum atomic E-state index is -0.336. The molecule has 0 radical (unpaired) electrons. The number of amidine groups is 1. The molecule has 0 heterocycles. The van der Waals surface area contributed by atoms with Crippen LogP contribution in [0.1, 0.15) is 37.7 Å². The summed E-state index contributed by atoms with van der Waals surface area (Å²) in [6, 6.07) is 5.08. The number of hydrogen-bond acceptors (Lipinski definition) is 3. The van der Waals surface area contributed by atoms with Crippen molar-refractivity contribution in [3.05, 3.63) is 29.6 Å². The molecule has 5 heteroatoms. The standard InChI is InChI=1S/C14H20FN3O/c1-18(11-5-3-2-4-6-11)13-8-7-10(9-12(13)15)14(16)17-19/h7-9,11,19H,2-6H2,1H3,(H2,16,17). The summed E-state index contributed by atoms with van der Waals surface area (Å²) in [5.74, 6) is -0.414. The highest BCUT2D eigenvalue weighted by atomic mass is 19.1. The number of hydrogen-bond donors (Lipinski definition) is 2. The molecule has 104 valence electrons. The third kappa shape index (κ3) is 2.97. The Kier molecular flexibility index (Phi) is 4.24. The number of nitrogens with zero attached hydrogens (tertiary/aromatic N) is 2. The lowest BCUT2D eigenvalue weighted by Crippen LogP contribution is -2.34. The Balaban J connectivity index is 2.20. The van der Waals surface area contributed by atoms with Gasteiger partial charge in [-0.05, 0) is 31.0 Å². The first-order valence-corrected chi connectivity index (χ1v) is 6.63. The Morgan fingerprint density at radius 2 is 2.05 bits per heavy atom. The van der Waals surface area contributed by atoms with Crippen LogP contribution >= 0.6 is 0 Å². The van der Waals surface area contributed by atoms with Crippen molar-refractivity contribution in [2.24, 2.45) is 10.9 Å². The Morgan fingerprint density at radius 1 is 1.37 bits per heavy atom. The highest BCUT2D eigenvalue weighted by molar-refractivity contribution is 5.97. The highest BCUT2D eigenvalue weighted by Gasteiger charge is 2.20. The fourth-order valence-electron chi connectivity index (χ4n) is 2.68. The van der Waals surface area contributed by atoms with Gasteiger partial charge in [0.25, 0.3) is 0 Å². The third-order valence-electron chi connectivity index (χ3n) is 3.85. The predicted molar refractivity (Wildman–Crippen MR) is 74.2 cm³/mol. The van der Waals surface area contributed by atoms with E-state index < -0.39 is 0 Å². The van der Waals surface area contributed by atoms with E-state index in [4.69, 9.17) is 10.9 Å². The molecule has 1 aliphatic rings. The van der Waals surface area contributed by atoms with Gasteiger partial charge in [-0.15, -0.1) is 0 Å². The van der Waals surface area contributed by atoms with E-state index in [2.05, 4.69) is 5.16 Å². The molecule has 0 spiro atoms. The first-order chi connectivity index (χ1) is 9.13. The minimum Gasteiger partial charge on any atom is -0.409 e. The molecule has 0 aliphatic heterocycles. The summed E-state index contributed by atoms with van der Waals surface area (Å²) < 4.78 is 14.1. The number of anilines is 1. The van der Waals surface area contributed by atoms with Crippen LogP contribution in [0.3, 0.4) is 0 Å². The maximum atomic E-state index is 14.1. The van der Waals surface area contributed by atoms with Crippen LogP contribution in [-0.4, -0.2) is 24.1 Å². The largest absolute Gasteiger partial charge is 0.409 e. The maximum absolute atomic E-state index is 14.1. The number of rotatable bonds is 3. The molecule has 1 saturated carbocycles. The predicted octanol–water partition coefficient (Wildman–Crippen LogP) is 2.69. The summed E-state index contributed by atoms with van der Waals surface area (Å²) in [6.07, 6.45) is 5.91. The molecule has 1 aromatic carbocycles. The summed E-state index contributed by atoms with van der Waals surface area (Å²) in [7, 11) is 1.93. The van der Waals surface area contributed by atoms with Gasteiger partial charge in [0.05, 0.1) is 5.69 Å². The van der Waals surface area contributed by atoms with Gasteiger partial charge in [0, 0.05) is 18.7 Å². The van der Waals surface area contributed by atoms with Gasteiger partial charge in [-0.25, -0.2) is 4.39 Å². The molecule has 1 aromatic rings. The van der Waals surface area contributed by atoms with Crippen molar-refractivity contribution in [3.8, 4) is 0 Å². The van der Waals surface area contributed by atoms with E-state index in [1.807, 2.05) is 11.9 Å². The smallest absolute Gasteiger partial charge is 0.170 e. The van der Waals surface area contributed by atoms with Crippen LogP contribution in [0.25, 0.3) is 0 Å². The molecule has 0 atom stereocenters. The number of halogens is 1. The molecule has 1 aliphatic carbocycles. The van der Waals surface area contributed by atoms with Crippen LogP contribution in [0, 0.1) is 5.82 Å². The highest BCUT2D eigenvalue weighted by Crippen LogP contribution is 2.28. The zero-order valence-corrected chi connectivity index (χ0v) is 11.1. The quantitative estimate of drug-likeness (QED) is 0.382. The lowest BCUT2D eigenvalue weighted by Gasteiger charge is -2.33. The monoisotopic (exact) mass is 265 g/mol. The van der Waals surface area contributed by atoms with E-state index >= 15 is 0 Å². The van der Waals surface area contributed by atoms with E-state index in [0.717, 1.165) is 12.8 Å². The molecule has 0 bridgehead atoms. The summed E-state index contributed by atoms with van der Waals surface area (Å²) in [5.41, 5.74) is 6.41. The van der Waals surface area contributed by atoms with Gasteiger partial charge < -0.3 is 15.8 Å². The fraction of sp³-hybridized carbons (Fsp3) is 0.500. The van der Waals surface area contributed by atoms with Crippen LogP contribution in [0.4, 0.5) is 10.1 Å². The van der Waals surface area contributed by atoms with Crippen LogP contribution < -0.4 is 10.6 Å². The Bertz CT molecular complexity index is 470. The van der Waals surface area contributed by atoms with E-state index in [1.165, 1.54) is 25.3 Å². The number of nitrogens with two attached hydrogens (primary N) is 1. The van der Waals surface area contributed by atoms with Gasteiger partial charge in [-0.2, -0.15) is 0 Å². The van der Waals surface area contributed by atoms with E-state index in [9.17, 15) is 4.39 Å². The molecule has 0 amide bonds. The molecule has 4 nitrogen and oxygen atoms in total. The first-order valence-electron chi connectivity index (χ1n) is 6.63. The molecule has 19 heavy (non-hydrogen) atoms. The summed E-state index contributed by atoms with van der Waals surface area (Å²) in [6.45, 7) is 0. The minimum absolute atomic E-state index is 0.0780. The second-order valence-electron chi connectivity index (χ2n) is 5.05. The third-order valence-corrected chi connectivity index (χ3v) is 3.85. The van der Waals surface area contributed by atoms with Gasteiger partial charge in [0.1, 0.15) is 5.82 Å². The topological polar surface area (TPSA) is 61.8 Å². The van der Waals surface area contributed by atoms with Crippen molar-refractivity contribution in [1.29, 1.82) is 0 Å². The zero-order valence-electron chi connectivity index (χ0n) is 11.1. The average molecular weight is 265 g/mol. The van der Waals surface area contributed by atoms with Gasteiger partial charge >= 0.3 is 0 Å². The second kappa shape index (κ2) is 5.91. The van der Waals surface area contributed by atoms with Crippen LogP contribution in [0.5, 0.6) is 0 Å². The molecule has 0 saturated heterocycles. The summed E-state index contributed by atoms with van der Waals surface area (Å²) >= 11 is 0. The SMILES string of the molecule is CN(c1ccc(/C(N)=N/O)cc1F)C1CCCCC1. The Labute approximate surface area is 112 Å². The van der Waals surface area contributed by atoms with Gasteiger partial charge in [-0.1, -0.05) is 24.4 Å². The van der Waals surface area contributed by atoms with Crippen molar-refractivity contribution in [3.63, 3.8) is 0 Å². The van der Waals surface area contributed by atoms with E-state index in [-0.39, 0.29) is 11.7 Å². The number of oxime groups is 1. The molecular weight excluding hydrogens is 245 g/mol. The zero-order chi connectivity index (χ0) is 13.8. The van der Waals surface area contributed by atoms with Gasteiger partial charge in [-0.3, -0.25) is 0 Å². The Morgan fingerprint density at radius 3 is 2.63 bits per heavy atom. The van der Waals surface area contributed by atoms with Gasteiger partial charge in [0.2, 0.25) is 0 Å². The van der Waals surface area contributed by atoms with Crippen LogP contribution in [0.2, 0.25) is 0 Å². The summed E-state index contributed by atoms with van der Waals surface area (Å²) in [5, 5.41) is 11.5. The average Bonchev–Trinajstić information content (AvgIpc) is 2.46. The van der Waals surface area contributed by atoms with Crippen molar-refractivity contribution in [2.45, 2.75) is 38.1 Å². The molecule has 0 unspecified atom stereocenters. The van der Waals surface area contributed by atoms with Crippen molar-refractivity contribution < 1.29 is 9.60 Å². The van der Waals surface area contributed by atoms with Crippen molar-refractivity contribution >= 4 is 11.5 Å². The normalized spacial score (nSPS) is 17.5. The van der Waals surface area contributed by atoms with Crippen molar-refractivity contribution in [2.75, 3.05) is 11.9 Å². The van der Waals surface area contributed by atoms with Gasteiger partial charge in [0.15, 0.2) is 5.84 Å². The van der Waals surface area contributed by atoms with Crippen molar-refractivity contribution in [1.82, 2.24) is 0 Å². The molecule has 0 aromatic heterocycles. The molecular formula is C14H20FN3O. The maximum Gasteiger partial charge on any atom is 0.170 e. The Hall–Kier alpha value is -1.78. The number of benzene rings is 1. The van der Waals surface area contributed by atoms with E-state index in [1.54, 1.807) is 12.1 Å². The molecule has 1 fully saturated rings. The molecule has 3 N–H and O–H groups in total. The lowest BCUT2D eigenvalue weighted by molar-refractivity contribution is 0.318. The first kappa shape index (κ1) is 13.6. The van der Waals surface area contributed by atoms with Crippen LogP contribution in [0.15, 0.2) is 23.4 Å². The molecule has 2 rings (SSSR count). The summed E-state index contributed by atoms with van der Waals surface area (Å²) in [4.78, 5) is 2.00. The van der Waals surface area contributed by atoms with Crippen LogP contribution in [-0.2, 0) is 0 Å².